The lowest BCUT2D eigenvalue weighted by Crippen LogP contribution is -2.55. The number of rotatable bonds is 6. The normalized spacial score (nSPS) is 23.5. The van der Waals surface area contributed by atoms with E-state index < -0.39 is 0 Å². The van der Waals surface area contributed by atoms with Crippen molar-refractivity contribution in [1.29, 1.82) is 0 Å². The van der Waals surface area contributed by atoms with Gasteiger partial charge in [-0.1, -0.05) is 0 Å². The van der Waals surface area contributed by atoms with Crippen molar-refractivity contribution in [2.45, 2.75) is 45.6 Å². The topological polar surface area (TPSA) is 87.5 Å². The fraction of sp³-hybridized carbons (Fsp3) is 0.833. The van der Waals surface area contributed by atoms with Crippen LogP contribution in [0, 0.1) is 12.3 Å². The number of piperidine rings is 2. The summed E-state index contributed by atoms with van der Waals surface area (Å²) in [4.78, 5) is 31.2. The second kappa shape index (κ2) is 8.33. The molecule has 9 nitrogen and oxygen atoms in total. The van der Waals surface area contributed by atoms with Crippen LogP contribution < -0.4 is 0 Å². The minimum absolute atomic E-state index is 0.0544. The van der Waals surface area contributed by atoms with Gasteiger partial charge in [-0.3, -0.25) is 9.59 Å². The maximum Gasteiger partial charge on any atom is 0.224 e. The molecular formula is C18H31N7O2. The molecule has 2 saturated heterocycles. The molecule has 3 rings (SSSR count). The van der Waals surface area contributed by atoms with E-state index in [2.05, 4.69) is 20.4 Å². The van der Waals surface area contributed by atoms with Gasteiger partial charge in [-0.05, 0) is 50.7 Å². The summed E-state index contributed by atoms with van der Waals surface area (Å²) in [7, 11) is 4.05. The fourth-order valence-electron chi connectivity index (χ4n) is 4.20. The van der Waals surface area contributed by atoms with Gasteiger partial charge in [-0.2, -0.15) is 0 Å². The van der Waals surface area contributed by atoms with Gasteiger partial charge in [0.25, 0.3) is 0 Å². The summed E-state index contributed by atoms with van der Waals surface area (Å²) in [6.07, 6.45) is 3.99. The van der Waals surface area contributed by atoms with Crippen molar-refractivity contribution in [3.63, 3.8) is 0 Å². The van der Waals surface area contributed by atoms with E-state index >= 15 is 0 Å². The van der Waals surface area contributed by atoms with Crippen LogP contribution in [-0.4, -0.2) is 93.5 Å². The van der Waals surface area contributed by atoms with Crippen molar-refractivity contribution in [2.75, 3.05) is 46.8 Å². The molecule has 2 aliphatic heterocycles. The van der Waals surface area contributed by atoms with Gasteiger partial charge < -0.3 is 14.7 Å². The number of tetrazole rings is 1. The summed E-state index contributed by atoms with van der Waals surface area (Å²) in [6.45, 7) is 6.31. The molecule has 3 heterocycles. The number of nitrogens with zero attached hydrogens (tertiary/aromatic N) is 7. The maximum absolute atomic E-state index is 12.7. The molecule has 2 amide bonds. The quantitative estimate of drug-likeness (QED) is 0.702. The van der Waals surface area contributed by atoms with Crippen LogP contribution in [0.25, 0.3) is 0 Å². The molecule has 0 radical (unpaired) electrons. The molecule has 2 fully saturated rings. The first kappa shape index (κ1) is 19.7. The molecule has 0 saturated carbocycles. The van der Waals surface area contributed by atoms with Crippen molar-refractivity contribution in [3.8, 4) is 0 Å². The number of likely N-dealkylation sites (tertiary alicyclic amines) is 2. The van der Waals surface area contributed by atoms with Crippen LogP contribution in [-0.2, 0) is 16.1 Å². The van der Waals surface area contributed by atoms with E-state index in [4.69, 9.17) is 0 Å². The molecule has 27 heavy (non-hydrogen) atoms. The van der Waals surface area contributed by atoms with Crippen LogP contribution in [0.5, 0.6) is 0 Å². The minimum Gasteiger partial charge on any atom is -0.342 e. The van der Waals surface area contributed by atoms with Gasteiger partial charge >= 0.3 is 0 Å². The molecular weight excluding hydrogens is 346 g/mol. The lowest BCUT2D eigenvalue weighted by molar-refractivity contribution is -0.143. The number of aryl methyl sites for hydroxylation is 2. The predicted octanol–water partition coefficient (Wildman–Crippen LogP) is 0.164. The highest BCUT2D eigenvalue weighted by Gasteiger charge is 2.42. The Morgan fingerprint density at radius 3 is 2.74 bits per heavy atom. The van der Waals surface area contributed by atoms with Crippen molar-refractivity contribution in [2.24, 2.45) is 5.41 Å². The third-order valence-corrected chi connectivity index (χ3v) is 5.83. The summed E-state index contributed by atoms with van der Waals surface area (Å²) in [5.74, 6) is 1.13. The molecule has 1 spiro atoms. The van der Waals surface area contributed by atoms with E-state index in [1.54, 1.807) is 4.68 Å². The zero-order chi connectivity index (χ0) is 19.4. The average Bonchev–Trinajstić information content (AvgIpc) is 3.05. The van der Waals surface area contributed by atoms with Crippen molar-refractivity contribution < 1.29 is 9.59 Å². The Bertz CT molecular complexity index is 674. The monoisotopic (exact) mass is 377 g/mol. The Hall–Kier alpha value is -2.03. The van der Waals surface area contributed by atoms with Gasteiger partial charge in [-0.15, -0.1) is 5.10 Å². The summed E-state index contributed by atoms with van der Waals surface area (Å²) < 4.78 is 1.67. The fourth-order valence-corrected chi connectivity index (χ4v) is 4.20. The molecule has 0 aromatic carbocycles. The molecule has 2 aliphatic rings. The number of likely N-dealkylation sites (N-methyl/N-ethyl adjacent to an activating group) is 1. The van der Waals surface area contributed by atoms with Gasteiger partial charge in [0.05, 0.1) is 6.54 Å². The van der Waals surface area contributed by atoms with Crippen LogP contribution in [0.4, 0.5) is 0 Å². The predicted molar refractivity (Wildman–Crippen MR) is 99.8 cm³/mol. The standard InChI is InChI=1S/C18H31N7O2/c1-15-19-20-21-25(15)10-6-17(27)23-9-4-7-18(13-23)8-5-16(26)24(14-18)12-11-22(2)3/h4-14H2,1-3H3. The zero-order valence-corrected chi connectivity index (χ0v) is 16.7. The van der Waals surface area contributed by atoms with Crippen molar-refractivity contribution in [3.05, 3.63) is 5.82 Å². The third kappa shape index (κ3) is 4.82. The van der Waals surface area contributed by atoms with E-state index in [-0.39, 0.29) is 17.2 Å². The number of amides is 2. The average molecular weight is 377 g/mol. The smallest absolute Gasteiger partial charge is 0.224 e. The molecule has 0 bridgehead atoms. The summed E-state index contributed by atoms with van der Waals surface area (Å²) >= 11 is 0. The lowest BCUT2D eigenvalue weighted by Gasteiger charge is -2.48. The van der Waals surface area contributed by atoms with E-state index in [1.807, 2.05) is 30.8 Å². The van der Waals surface area contributed by atoms with Crippen molar-refractivity contribution >= 4 is 11.8 Å². The highest BCUT2D eigenvalue weighted by Crippen LogP contribution is 2.39. The first-order chi connectivity index (χ1) is 12.9. The minimum atomic E-state index is 0.0544. The van der Waals surface area contributed by atoms with E-state index in [9.17, 15) is 9.59 Å². The number of carbonyl (C=O) groups is 2. The first-order valence-electron chi connectivity index (χ1n) is 9.82. The lowest BCUT2D eigenvalue weighted by atomic mass is 9.73. The molecule has 150 valence electrons. The number of carbonyl (C=O) groups excluding carboxylic acids is 2. The summed E-state index contributed by atoms with van der Waals surface area (Å²) in [5.41, 5.74) is 0.0544. The largest absolute Gasteiger partial charge is 0.342 e. The Morgan fingerprint density at radius 1 is 1.22 bits per heavy atom. The van der Waals surface area contributed by atoms with Gasteiger partial charge in [-0.25, -0.2) is 4.68 Å². The summed E-state index contributed by atoms with van der Waals surface area (Å²) in [6, 6.07) is 0. The number of hydrogen-bond donors (Lipinski definition) is 0. The summed E-state index contributed by atoms with van der Waals surface area (Å²) in [5, 5.41) is 11.4. The molecule has 9 heteroatoms. The highest BCUT2D eigenvalue weighted by atomic mass is 16.2. The second-order valence-corrected chi connectivity index (χ2v) is 8.24. The van der Waals surface area contributed by atoms with Gasteiger partial charge in [0.1, 0.15) is 5.82 Å². The van der Waals surface area contributed by atoms with Crippen LogP contribution >= 0.6 is 0 Å². The number of aromatic nitrogens is 4. The van der Waals surface area contributed by atoms with Gasteiger partial charge in [0.2, 0.25) is 11.8 Å². The van der Waals surface area contributed by atoms with E-state index in [0.29, 0.717) is 19.4 Å². The number of hydrogen-bond acceptors (Lipinski definition) is 6. The van der Waals surface area contributed by atoms with E-state index in [1.165, 1.54) is 0 Å². The van der Waals surface area contributed by atoms with Crippen LogP contribution in [0.15, 0.2) is 0 Å². The third-order valence-electron chi connectivity index (χ3n) is 5.83. The van der Waals surface area contributed by atoms with E-state index in [0.717, 1.165) is 57.8 Å². The molecule has 1 aromatic rings. The Labute approximate surface area is 160 Å². The molecule has 0 aliphatic carbocycles. The highest BCUT2D eigenvalue weighted by molar-refractivity contribution is 5.78. The Kier molecular flexibility index (Phi) is 6.08. The van der Waals surface area contributed by atoms with Gasteiger partial charge in [0, 0.05) is 51.0 Å². The molecule has 1 unspecified atom stereocenters. The van der Waals surface area contributed by atoms with Crippen molar-refractivity contribution in [1.82, 2.24) is 34.9 Å². The van der Waals surface area contributed by atoms with Gasteiger partial charge in [0.15, 0.2) is 0 Å². The molecule has 1 atom stereocenters. The van der Waals surface area contributed by atoms with Crippen LogP contribution in [0.2, 0.25) is 0 Å². The Balaban J connectivity index is 1.58. The first-order valence-corrected chi connectivity index (χ1v) is 9.82. The van der Waals surface area contributed by atoms with Crippen LogP contribution in [0.3, 0.4) is 0 Å². The SMILES string of the molecule is Cc1nnnn1CCC(=O)N1CCCC2(CCC(=O)N(CCN(C)C)C2)C1. The second-order valence-electron chi connectivity index (χ2n) is 8.24. The van der Waals surface area contributed by atoms with Crippen LogP contribution in [0.1, 0.15) is 37.9 Å². The molecule has 0 N–H and O–H groups in total. The maximum atomic E-state index is 12.7. The zero-order valence-electron chi connectivity index (χ0n) is 16.7. The molecule has 1 aromatic heterocycles. The Morgan fingerprint density at radius 2 is 2.04 bits per heavy atom.